The van der Waals surface area contributed by atoms with E-state index in [-0.39, 0.29) is 5.84 Å². The zero-order valence-corrected chi connectivity index (χ0v) is 5.91. The highest BCUT2D eigenvalue weighted by Crippen LogP contribution is 2.19. The van der Waals surface area contributed by atoms with Gasteiger partial charge in [-0.15, -0.1) is 0 Å². The van der Waals surface area contributed by atoms with Gasteiger partial charge in [-0.25, -0.2) is 0 Å². The van der Waals surface area contributed by atoms with E-state index in [0.29, 0.717) is 13.1 Å². The molecule has 0 aromatic carbocycles. The molecule has 0 saturated carbocycles. The van der Waals surface area contributed by atoms with Crippen molar-refractivity contribution in [2.24, 2.45) is 4.99 Å². The van der Waals surface area contributed by atoms with Gasteiger partial charge >= 0.3 is 6.18 Å². The van der Waals surface area contributed by atoms with E-state index in [9.17, 15) is 13.2 Å². The maximum atomic E-state index is 11.7. The molecule has 64 valence electrons. The maximum absolute atomic E-state index is 11.7. The largest absolute Gasteiger partial charge is 0.396 e. The van der Waals surface area contributed by atoms with Gasteiger partial charge in [-0.1, -0.05) is 0 Å². The van der Waals surface area contributed by atoms with Crippen LogP contribution in [0.2, 0.25) is 0 Å². The average molecular weight is 166 g/mol. The summed E-state index contributed by atoms with van der Waals surface area (Å²) in [5.74, 6) is 0.0729. The first-order valence-corrected chi connectivity index (χ1v) is 3.42. The summed E-state index contributed by atoms with van der Waals surface area (Å²) in [5.41, 5.74) is 0. The Kier molecular flexibility index (Phi) is 2.36. The van der Waals surface area contributed by atoms with Crippen LogP contribution in [-0.4, -0.2) is 25.1 Å². The van der Waals surface area contributed by atoms with Crippen LogP contribution in [0.1, 0.15) is 12.8 Å². The molecule has 0 aromatic rings. The summed E-state index contributed by atoms with van der Waals surface area (Å²) in [6, 6.07) is 0. The van der Waals surface area contributed by atoms with Crippen LogP contribution in [0.5, 0.6) is 0 Å². The van der Waals surface area contributed by atoms with E-state index in [1.54, 1.807) is 0 Å². The highest BCUT2D eigenvalue weighted by Gasteiger charge is 2.30. The summed E-state index contributed by atoms with van der Waals surface area (Å²) >= 11 is 0. The molecular formula is C6H9F3N2. The lowest BCUT2D eigenvalue weighted by molar-refractivity contribution is -0.121. The number of nitrogens with zero attached hydrogens (tertiary/aromatic N) is 1. The number of hydrogen-bond donors (Lipinski definition) is 1. The van der Waals surface area contributed by atoms with Crippen molar-refractivity contribution in [1.29, 1.82) is 0 Å². The van der Waals surface area contributed by atoms with Crippen molar-refractivity contribution in [3.8, 4) is 0 Å². The standard InChI is InChI=1S/C6H9F3N2/c7-6(8,9)4-5-10-2-1-3-11-5/h1-4H2,(H,10,11). The third kappa shape index (κ3) is 3.25. The fourth-order valence-corrected chi connectivity index (χ4v) is 0.890. The third-order valence-electron chi connectivity index (χ3n) is 1.33. The fourth-order valence-electron chi connectivity index (χ4n) is 0.890. The Bertz CT molecular complexity index is 162. The Morgan fingerprint density at radius 1 is 1.45 bits per heavy atom. The highest BCUT2D eigenvalue weighted by atomic mass is 19.4. The van der Waals surface area contributed by atoms with Crippen LogP contribution in [0.3, 0.4) is 0 Å². The van der Waals surface area contributed by atoms with Gasteiger partial charge < -0.3 is 5.32 Å². The van der Waals surface area contributed by atoms with Gasteiger partial charge in [0.1, 0.15) is 12.3 Å². The van der Waals surface area contributed by atoms with Gasteiger partial charge in [-0.05, 0) is 6.42 Å². The Hall–Kier alpha value is -0.740. The topological polar surface area (TPSA) is 24.4 Å². The Labute approximate surface area is 62.5 Å². The van der Waals surface area contributed by atoms with E-state index in [2.05, 4.69) is 10.3 Å². The van der Waals surface area contributed by atoms with Crippen molar-refractivity contribution in [1.82, 2.24) is 5.32 Å². The Morgan fingerprint density at radius 3 is 2.64 bits per heavy atom. The smallest absolute Gasteiger partial charge is 0.373 e. The predicted octanol–water partition coefficient (Wildman–Crippen LogP) is 1.33. The van der Waals surface area contributed by atoms with Crippen LogP contribution < -0.4 is 5.32 Å². The van der Waals surface area contributed by atoms with Crippen LogP contribution in [0.15, 0.2) is 4.99 Å². The highest BCUT2D eigenvalue weighted by molar-refractivity contribution is 5.83. The SMILES string of the molecule is FC(F)(F)CC1=NCCCN1. The lowest BCUT2D eigenvalue weighted by Gasteiger charge is -2.15. The molecule has 5 heteroatoms. The van der Waals surface area contributed by atoms with Crippen molar-refractivity contribution in [2.45, 2.75) is 19.0 Å². The zero-order valence-electron chi connectivity index (χ0n) is 5.91. The fraction of sp³-hybridized carbons (Fsp3) is 0.833. The first-order chi connectivity index (χ1) is 5.08. The van der Waals surface area contributed by atoms with Gasteiger partial charge in [-0.3, -0.25) is 4.99 Å². The van der Waals surface area contributed by atoms with Crippen molar-refractivity contribution in [3.63, 3.8) is 0 Å². The summed E-state index contributed by atoms with van der Waals surface area (Å²) in [6.45, 7) is 1.12. The second-order valence-electron chi connectivity index (χ2n) is 2.40. The number of halogens is 3. The molecule has 0 saturated heterocycles. The van der Waals surface area contributed by atoms with Gasteiger partial charge in [0.15, 0.2) is 0 Å². The summed E-state index contributed by atoms with van der Waals surface area (Å²) in [6.07, 6.45) is -4.24. The lowest BCUT2D eigenvalue weighted by Crippen LogP contribution is -2.33. The molecule has 0 unspecified atom stereocenters. The van der Waals surface area contributed by atoms with E-state index in [1.165, 1.54) is 0 Å². The average Bonchev–Trinajstić information content (AvgIpc) is 1.85. The molecule has 0 amide bonds. The minimum Gasteiger partial charge on any atom is -0.373 e. The molecule has 0 radical (unpaired) electrons. The first kappa shape index (κ1) is 8.36. The molecule has 0 spiro atoms. The van der Waals surface area contributed by atoms with E-state index >= 15 is 0 Å². The lowest BCUT2D eigenvalue weighted by atomic mass is 10.3. The van der Waals surface area contributed by atoms with Gasteiger partial charge in [-0.2, -0.15) is 13.2 Å². The van der Waals surface area contributed by atoms with Crippen molar-refractivity contribution >= 4 is 5.84 Å². The van der Waals surface area contributed by atoms with Crippen molar-refractivity contribution in [2.75, 3.05) is 13.1 Å². The number of amidine groups is 1. The van der Waals surface area contributed by atoms with Crippen LogP contribution in [0.4, 0.5) is 13.2 Å². The van der Waals surface area contributed by atoms with Crippen molar-refractivity contribution < 1.29 is 13.2 Å². The first-order valence-electron chi connectivity index (χ1n) is 3.42. The summed E-state index contributed by atoms with van der Waals surface area (Å²) in [4.78, 5) is 3.70. The van der Waals surface area contributed by atoms with Crippen molar-refractivity contribution in [3.05, 3.63) is 0 Å². The molecule has 1 rings (SSSR count). The minimum absolute atomic E-state index is 0.0729. The molecule has 0 atom stereocenters. The molecular weight excluding hydrogens is 157 g/mol. The second kappa shape index (κ2) is 3.11. The minimum atomic E-state index is -4.14. The molecule has 1 aliphatic heterocycles. The van der Waals surface area contributed by atoms with Crippen LogP contribution in [-0.2, 0) is 0 Å². The number of nitrogens with one attached hydrogen (secondary N) is 1. The molecule has 2 nitrogen and oxygen atoms in total. The van der Waals surface area contributed by atoms with E-state index in [4.69, 9.17) is 0 Å². The predicted molar refractivity (Wildman–Crippen MR) is 35.6 cm³/mol. The molecule has 0 bridgehead atoms. The van der Waals surface area contributed by atoms with Gasteiger partial charge in [0.25, 0.3) is 0 Å². The molecule has 1 heterocycles. The van der Waals surface area contributed by atoms with Gasteiger partial charge in [0.2, 0.25) is 0 Å². The maximum Gasteiger partial charge on any atom is 0.396 e. The molecule has 0 aromatic heterocycles. The molecule has 11 heavy (non-hydrogen) atoms. The van der Waals surface area contributed by atoms with Crippen LogP contribution >= 0.6 is 0 Å². The van der Waals surface area contributed by atoms with Crippen LogP contribution in [0, 0.1) is 0 Å². The quantitative estimate of drug-likeness (QED) is 0.624. The number of hydrogen-bond acceptors (Lipinski definition) is 2. The number of alkyl halides is 3. The Balaban J connectivity index is 2.42. The van der Waals surface area contributed by atoms with E-state index in [1.807, 2.05) is 0 Å². The summed E-state index contributed by atoms with van der Waals surface area (Å²) in [5, 5.41) is 2.61. The molecule has 0 aliphatic carbocycles. The van der Waals surface area contributed by atoms with Gasteiger partial charge in [0.05, 0.1) is 0 Å². The summed E-state index contributed by atoms with van der Waals surface area (Å²) in [7, 11) is 0. The van der Waals surface area contributed by atoms with Gasteiger partial charge in [0, 0.05) is 13.1 Å². The molecule has 1 N–H and O–H groups in total. The second-order valence-corrected chi connectivity index (χ2v) is 2.40. The third-order valence-corrected chi connectivity index (χ3v) is 1.33. The number of rotatable bonds is 1. The Morgan fingerprint density at radius 2 is 2.18 bits per heavy atom. The van der Waals surface area contributed by atoms with E-state index < -0.39 is 12.6 Å². The number of aliphatic imine (C=N–C) groups is 1. The van der Waals surface area contributed by atoms with E-state index in [0.717, 1.165) is 6.42 Å². The summed E-state index contributed by atoms with van der Waals surface area (Å²) < 4.78 is 35.2. The zero-order chi connectivity index (χ0) is 8.32. The monoisotopic (exact) mass is 166 g/mol. The normalized spacial score (nSPS) is 19.0. The molecule has 1 aliphatic rings. The van der Waals surface area contributed by atoms with Crippen LogP contribution in [0.25, 0.3) is 0 Å². The molecule has 0 fully saturated rings.